The van der Waals surface area contributed by atoms with Crippen LogP contribution in [-0.2, 0) is 4.79 Å². The number of carbonyl (C=O) groups excluding carboxylic acids is 2. The van der Waals surface area contributed by atoms with Crippen LogP contribution in [0.2, 0.25) is 0 Å². The highest BCUT2D eigenvalue weighted by atomic mass is 16.2. The van der Waals surface area contributed by atoms with Crippen molar-refractivity contribution in [2.45, 2.75) is 46.5 Å². The largest absolute Gasteiger partial charge is 0.368 e. The van der Waals surface area contributed by atoms with E-state index >= 15 is 0 Å². The highest BCUT2D eigenvalue weighted by Crippen LogP contribution is 2.31. The van der Waals surface area contributed by atoms with Crippen LogP contribution in [-0.4, -0.2) is 49.4 Å². The summed E-state index contributed by atoms with van der Waals surface area (Å²) < 4.78 is 0. The molecule has 5 heteroatoms. The van der Waals surface area contributed by atoms with Crippen molar-refractivity contribution in [3.05, 3.63) is 29.8 Å². The van der Waals surface area contributed by atoms with Crippen molar-refractivity contribution in [3.8, 4) is 0 Å². The van der Waals surface area contributed by atoms with Crippen molar-refractivity contribution >= 4 is 17.5 Å². The van der Waals surface area contributed by atoms with Crippen LogP contribution in [0.4, 0.5) is 5.69 Å². The van der Waals surface area contributed by atoms with Crippen LogP contribution in [0.1, 0.15) is 56.8 Å². The smallest absolute Gasteiger partial charge is 0.251 e. The molecule has 2 fully saturated rings. The van der Waals surface area contributed by atoms with E-state index in [1.165, 1.54) is 0 Å². The van der Waals surface area contributed by atoms with Gasteiger partial charge in [-0.3, -0.25) is 9.59 Å². The predicted octanol–water partition coefficient (Wildman–Crippen LogP) is 3.30. The molecule has 0 atom stereocenters. The molecule has 0 radical (unpaired) electrons. The Morgan fingerprint density at radius 1 is 1.04 bits per heavy atom. The Bertz CT molecular complexity index is 651. The molecule has 1 saturated heterocycles. The third kappa shape index (κ3) is 5.72. The average Bonchev–Trinajstić information content (AvgIpc) is 3.49. The molecule has 1 aromatic carbocycles. The van der Waals surface area contributed by atoms with Crippen molar-refractivity contribution in [2.24, 2.45) is 11.3 Å². The number of piperazine rings is 1. The van der Waals surface area contributed by atoms with E-state index in [4.69, 9.17) is 0 Å². The summed E-state index contributed by atoms with van der Waals surface area (Å²) in [6, 6.07) is 7.83. The van der Waals surface area contributed by atoms with Gasteiger partial charge in [0.25, 0.3) is 5.91 Å². The van der Waals surface area contributed by atoms with Crippen LogP contribution in [0.5, 0.6) is 0 Å². The number of benzene rings is 1. The Balaban J connectivity index is 1.44. The molecule has 0 aromatic heterocycles. The summed E-state index contributed by atoms with van der Waals surface area (Å²) in [6.45, 7) is 10.7. The second-order valence-corrected chi connectivity index (χ2v) is 9.05. The zero-order valence-corrected chi connectivity index (χ0v) is 17.0. The molecule has 1 heterocycles. The Kier molecular flexibility index (Phi) is 6.08. The van der Waals surface area contributed by atoms with Gasteiger partial charge in [-0.1, -0.05) is 20.8 Å². The maximum absolute atomic E-state index is 12.3. The third-order valence-corrected chi connectivity index (χ3v) is 5.40. The van der Waals surface area contributed by atoms with Gasteiger partial charge < -0.3 is 15.1 Å². The molecule has 1 aliphatic carbocycles. The minimum Gasteiger partial charge on any atom is -0.368 e. The topological polar surface area (TPSA) is 52.7 Å². The summed E-state index contributed by atoms with van der Waals surface area (Å²) in [7, 11) is 0. The highest BCUT2D eigenvalue weighted by Gasteiger charge is 2.34. The average molecular weight is 372 g/mol. The van der Waals surface area contributed by atoms with Gasteiger partial charge in [0.1, 0.15) is 0 Å². The predicted molar refractivity (Wildman–Crippen MR) is 109 cm³/mol. The fourth-order valence-electron chi connectivity index (χ4n) is 3.52. The Morgan fingerprint density at radius 2 is 1.67 bits per heavy atom. The molecule has 2 aliphatic rings. The number of hydrogen-bond acceptors (Lipinski definition) is 3. The molecule has 1 N–H and O–H groups in total. The molecule has 1 saturated carbocycles. The SMILES string of the molecule is CC(C)(C)CCCNC(=O)c1ccc(N2CCN(C(=O)C3CC3)CC2)cc1. The minimum absolute atomic E-state index is 0.00434. The van der Waals surface area contributed by atoms with Crippen LogP contribution in [0.25, 0.3) is 0 Å². The fourth-order valence-corrected chi connectivity index (χ4v) is 3.52. The number of rotatable bonds is 6. The lowest BCUT2D eigenvalue weighted by Crippen LogP contribution is -2.49. The summed E-state index contributed by atoms with van der Waals surface area (Å²) in [5, 5.41) is 3.01. The monoisotopic (exact) mass is 371 g/mol. The van der Waals surface area contributed by atoms with Gasteiger partial charge in [0, 0.05) is 49.9 Å². The molecule has 5 nitrogen and oxygen atoms in total. The van der Waals surface area contributed by atoms with E-state index in [2.05, 4.69) is 31.0 Å². The lowest BCUT2D eigenvalue weighted by Gasteiger charge is -2.36. The maximum Gasteiger partial charge on any atom is 0.251 e. The first-order valence-corrected chi connectivity index (χ1v) is 10.3. The zero-order valence-electron chi connectivity index (χ0n) is 17.0. The van der Waals surface area contributed by atoms with Gasteiger partial charge in [0.15, 0.2) is 0 Å². The van der Waals surface area contributed by atoms with E-state index in [0.717, 1.165) is 64.1 Å². The number of nitrogens with one attached hydrogen (secondary N) is 1. The van der Waals surface area contributed by atoms with Crippen molar-refractivity contribution in [1.29, 1.82) is 0 Å². The summed E-state index contributed by atoms with van der Waals surface area (Å²) in [5.74, 6) is 0.640. The Hall–Kier alpha value is -2.04. The van der Waals surface area contributed by atoms with E-state index in [0.29, 0.717) is 22.8 Å². The highest BCUT2D eigenvalue weighted by molar-refractivity contribution is 5.94. The Morgan fingerprint density at radius 3 is 2.22 bits per heavy atom. The molecule has 1 aliphatic heterocycles. The molecule has 1 aromatic rings. The molecule has 3 rings (SSSR count). The van der Waals surface area contributed by atoms with Gasteiger partial charge in [-0.05, 0) is 55.4 Å². The second-order valence-electron chi connectivity index (χ2n) is 9.05. The van der Waals surface area contributed by atoms with Gasteiger partial charge in [0.05, 0.1) is 0 Å². The summed E-state index contributed by atoms with van der Waals surface area (Å²) in [5.41, 5.74) is 2.13. The summed E-state index contributed by atoms with van der Waals surface area (Å²) in [6.07, 6.45) is 4.23. The summed E-state index contributed by atoms with van der Waals surface area (Å²) >= 11 is 0. The maximum atomic E-state index is 12.3. The van der Waals surface area contributed by atoms with E-state index in [1.807, 2.05) is 29.2 Å². The lowest BCUT2D eigenvalue weighted by molar-refractivity contribution is -0.132. The number of carbonyl (C=O) groups is 2. The first-order chi connectivity index (χ1) is 12.8. The van der Waals surface area contributed by atoms with E-state index in [9.17, 15) is 9.59 Å². The zero-order chi connectivity index (χ0) is 19.4. The van der Waals surface area contributed by atoms with Crippen molar-refractivity contribution in [3.63, 3.8) is 0 Å². The van der Waals surface area contributed by atoms with Crippen LogP contribution in [0.3, 0.4) is 0 Å². The van der Waals surface area contributed by atoms with Gasteiger partial charge in [-0.2, -0.15) is 0 Å². The first-order valence-electron chi connectivity index (χ1n) is 10.3. The van der Waals surface area contributed by atoms with Gasteiger partial charge in [-0.15, -0.1) is 0 Å². The van der Waals surface area contributed by atoms with E-state index < -0.39 is 0 Å². The summed E-state index contributed by atoms with van der Waals surface area (Å²) in [4.78, 5) is 28.7. The fraction of sp³-hybridized carbons (Fsp3) is 0.636. The van der Waals surface area contributed by atoms with Crippen molar-refractivity contribution in [1.82, 2.24) is 10.2 Å². The quantitative estimate of drug-likeness (QED) is 0.781. The van der Waals surface area contributed by atoms with Gasteiger partial charge in [0.2, 0.25) is 5.91 Å². The van der Waals surface area contributed by atoms with Crippen molar-refractivity contribution < 1.29 is 9.59 Å². The third-order valence-electron chi connectivity index (χ3n) is 5.40. The first kappa shape index (κ1) is 19.7. The van der Waals surface area contributed by atoms with Crippen LogP contribution >= 0.6 is 0 Å². The number of nitrogens with zero attached hydrogens (tertiary/aromatic N) is 2. The minimum atomic E-state index is -0.00434. The molecule has 148 valence electrons. The van der Waals surface area contributed by atoms with E-state index in [-0.39, 0.29) is 5.91 Å². The van der Waals surface area contributed by atoms with Crippen LogP contribution < -0.4 is 10.2 Å². The molecule has 2 amide bonds. The van der Waals surface area contributed by atoms with Crippen molar-refractivity contribution in [2.75, 3.05) is 37.6 Å². The second kappa shape index (κ2) is 8.32. The number of hydrogen-bond donors (Lipinski definition) is 1. The van der Waals surface area contributed by atoms with Gasteiger partial charge >= 0.3 is 0 Å². The van der Waals surface area contributed by atoms with Crippen LogP contribution in [0, 0.1) is 11.3 Å². The molecule has 0 bridgehead atoms. The molecule has 0 unspecified atom stereocenters. The molecular formula is C22H33N3O2. The molecule has 27 heavy (non-hydrogen) atoms. The van der Waals surface area contributed by atoms with Crippen LogP contribution in [0.15, 0.2) is 24.3 Å². The molecule has 0 spiro atoms. The van der Waals surface area contributed by atoms with Gasteiger partial charge in [-0.25, -0.2) is 0 Å². The molecular weight excluding hydrogens is 338 g/mol. The Labute approximate surface area is 163 Å². The standard InChI is InChI=1S/C22H33N3O2/c1-22(2,3)11-4-12-23-20(26)17-7-9-19(10-8-17)24-13-15-25(16-14-24)21(27)18-5-6-18/h7-10,18H,4-6,11-16H2,1-3H3,(H,23,26). The number of anilines is 1. The lowest BCUT2D eigenvalue weighted by atomic mass is 9.91. The van der Waals surface area contributed by atoms with E-state index in [1.54, 1.807) is 0 Å². The number of amides is 2. The normalized spacial score (nSPS) is 17.7.